The summed E-state index contributed by atoms with van der Waals surface area (Å²) in [5.74, 6) is 4.76. The quantitative estimate of drug-likeness (QED) is 0.406. The summed E-state index contributed by atoms with van der Waals surface area (Å²) < 4.78 is 0. The highest BCUT2D eigenvalue weighted by molar-refractivity contribution is 5.34. The van der Waals surface area contributed by atoms with Crippen molar-refractivity contribution >= 4 is 0 Å². The molecule has 4 aliphatic carbocycles. The summed E-state index contributed by atoms with van der Waals surface area (Å²) in [5, 5.41) is 0. The number of hydrogen-bond donors (Lipinski definition) is 0. The van der Waals surface area contributed by atoms with Crippen molar-refractivity contribution in [1.29, 1.82) is 0 Å². The van der Waals surface area contributed by atoms with E-state index in [4.69, 9.17) is 0 Å². The van der Waals surface area contributed by atoms with E-state index in [1.165, 1.54) is 82.6 Å². The molecular weight excluding hydrogens is 348 g/mol. The van der Waals surface area contributed by atoms with E-state index in [1.807, 2.05) is 11.1 Å². The zero-order valence-electron chi connectivity index (χ0n) is 20.4. The Morgan fingerprint density at radius 3 is 2.59 bits per heavy atom. The lowest BCUT2D eigenvalue weighted by Gasteiger charge is -2.55. The second-order valence-electron chi connectivity index (χ2n) is 12.3. The van der Waals surface area contributed by atoms with Crippen molar-refractivity contribution in [3.05, 3.63) is 22.8 Å². The first-order valence-electron chi connectivity index (χ1n) is 13.1. The number of rotatable bonds is 5. The minimum Gasteiger partial charge on any atom is -0.0859 e. The van der Waals surface area contributed by atoms with E-state index in [0.717, 1.165) is 29.6 Å². The van der Waals surface area contributed by atoms with Crippen molar-refractivity contribution in [2.75, 3.05) is 0 Å². The van der Waals surface area contributed by atoms with Crippen LogP contribution in [0.15, 0.2) is 22.8 Å². The summed E-state index contributed by atoms with van der Waals surface area (Å²) in [5.41, 5.74) is 6.62. The molecule has 0 heteroatoms. The highest BCUT2D eigenvalue weighted by atomic mass is 14.6. The summed E-state index contributed by atoms with van der Waals surface area (Å²) >= 11 is 0. The Bertz CT molecular complexity index is 662. The van der Waals surface area contributed by atoms with Gasteiger partial charge in [-0.05, 0) is 125 Å². The van der Waals surface area contributed by atoms with Gasteiger partial charge in [-0.2, -0.15) is 0 Å². The zero-order valence-corrected chi connectivity index (χ0v) is 20.4. The van der Waals surface area contributed by atoms with Gasteiger partial charge in [-0.15, -0.1) is 0 Å². The molecule has 0 amide bonds. The average Bonchev–Trinajstić information content (AvgIpc) is 3.04. The molecule has 0 aromatic heterocycles. The fourth-order valence-corrected chi connectivity index (χ4v) is 8.73. The molecule has 4 aliphatic rings. The lowest BCUT2D eigenvalue weighted by Crippen LogP contribution is -2.44. The van der Waals surface area contributed by atoms with Gasteiger partial charge in [0.25, 0.3) is 0 Å². The SMILES string of the molecule is CCC1CC[C@]2(C)C3=C(CCC2C1)[C@@H]1CC[C@H]([C@H](C)CCC=C(C)C)[C@@]1(C)CC3. The second-order valence-corrected chi connectivity index (χ2v) is 12.3. The van der Waals surface area contributed by atoms with Crippen molar-refractivity contribution in [2.45, 2.75) is 119 Å². The van der Waals surface area contributed by atoms with E-state index < -0.39 is 0 Å². The maximum Gasteiger partial charge on any atom is -0.00850 e. The minimum absolute atomic E-state index is 0.563. The molecule has 2 saturated carbocycles. The van der Waals surface area contributed by atoms with Crippen molar-refractivity contribution in [3.8, 4) is 0 Å². The highest BCUT2D eigenvalue weighted by Gasteiger charge is 2.55. The summed E-state index contributed by atoms with van der Waals surface area (Å²) in [7, 11) is 0. The zero-order chi connectivity index (χ0) is 20.8. The fourth-order valence-electron chi connectivity index (χ4n) is 8.73. The van der Waals surface area contributed by atoms with Crippen LogP contribution in [0.5, 0.6) is 0 Å². The Hall–Kier alpha value is -0.520. The van der Waals surface area contributed by atoms with E-state index in [1.54, 1.807) is 0 Å². The lowest BCUT2D eigenvalue weighted by atomic mass is 9.50. The summed E-state index contributed by atoms with van der Waals surface area (Å²) in [4.78, 5) is 0. The van der Waals surface area contributed by atoms with Gasteiger partial charge in [0.15, 0.2) is 0 Å². The Balaban J connectivity index is 1.53. The van der Waals surface area contributed by atoms with Gasteiger partial charge in [-0.3, -0.25) is 0 Å². The molecule has 2 unspecified atom stereocenters. The maximum absolute atomic E-state index is 2.71. The average molecular weight is 397 g/mol. The topological polar surface area (TPSA) is 0 Å². The van der Waals surface area contributed by atoms with Crippen molar-refractivity contribution in [1.82, 2.24) is 0 Å². The summed E-state index contributed by atoms with van der Waals surface area (Å²) in [6.07, 6.45) is 19.9. The van der Waals surface area contributed by atoms with Crippen LogP contribution in [-0.2, 0) is 0 Å². The molecule has 0 N–H and O–H groups in total. The van der Waals surface area contributed by atoms with Crippen LogP contribution in [0, 0.1) is 40.4 Å². The number of fused-ring (bicyclic) bond motifs is 4. The Morgan fingerprint density at radius 2 is 1.86 bits per heavy atom. The highest BCUT2D eigenvalue weighted by Crippen LogP contribution is 2.66. The van der Waals surface area contributed by atoms with E-state index in [9.17, 15) is 0 Å². The van der Waals surface area contributed by atoms with Crippen LogP contribution in [0.25, 0.3) is 0 Å². The molecule has 29 heavy (non-hydrogen) atoms. The van der Waals surface area contributed by atoms with Crippen molar-refractivity contribution in [3.63, 3.8) is 0 Å². The number of hydrogen-bond acceptors (Lipinski definition) is 0. The molecule has 7 atom stereocenters. The molecule has 0 bridgehead atoms. The molecule has 0 spiro atoms. The van der Waals surface area contributed by atoms with Crippen LogP contribution in [-0.4, -0.2) is 0 Å². The standard InChI is InChI=1S/C29H48/c1-7-22-15-17-28(5)23(19-22)11-12-24-26-14-13-25(21(4)10-8-9-20(2)3)29(26,6)18-16-27(24)28/h9,21-23,25-26H,7-8,10-19H2,1-6H3/t21-,22?,23?,25-,26+,28+,29-/m1/s1. The van der Waals surface area contributed by atoms with Crippen LogP contribution in [0.4, 0.5) is 0 Å². The van der Waals surface area contributed by atoms with Gasteiger partial charge in [-0.25, -0.2) is 0 Å². The van der Waals surface area contributed by atoms with Gasteiger partial charge in [0, 0.05) is 0 Å². The predicted molar refractivity (Wildman–Crippen MR) is 127 cm³/mol. The molecule has 164 valence electrons. The summed E-state index contributed by atoms with van der Waals surface area (Å²) in [6, 6.07) is 0. The third-order valence-electron chi connectivity index (χ3n) is 10.6. The van der Waals surface area contributed by atoms with E-state index in [-0.39, 0.29) is 0 Å². The van der Waals surface area contributed by atoms with Gasteiger partial charge >= 0.3 is 0 Å². The molecule has 0 aliphatic heterocycles. The van der Waals surface area contributed by atoms with E-state index >= 15 is 0 Å². The Morgan fingerprint density at radius 1 is 1.07 bits per heavy atom. The molecule has 0 radical (unpaired) electrons. The molecule has 0 aromatic rings. The van der Waals surface area contributed by atoms with E-state index in [0.29, 0.717) is 10.8 Å². The molecule has 0 aromatic carbocycles. The van der Waals surface area contributed by atoms with Crippen molar-refractivity contribution < 1.29 is 0 Å². The van der Waals surface area contributed by atoms with Crippen LogP contribution in [0.1, 0.15) is 119 Å². The number of allylic oxidation sites excluding steroid dienone is 4. The largest absolute Gasteiger partial charge is 0.0859 e. The van der Waals surface area contributed by atoms with Crippen LogP contribution in [0.2, 0.25) is 0 Å². The lowest BCUT2D eigenvalue weighted by molar-refractivity contribution is 0.0522. The van der Waals surface area contributed by atoms with Crippen LogP contribution >= 0.6 is 0 Å². The Kier molecular flexibility index (Phi) is 6.14. The van der Waals surface area contributed by atoms with Gasteiger partial charge in [0.2, 0.25) is 0 Å². The van der Waals surface area contributed by atoms with Gasteiger partial charge in [0.1, 0.15) is 0 Å². The normalized spacial score (nSPS) is 42.7. The first-order valence-corrected chi connectivity index (χ1v) is 13.1. The van der Waals surface area contributed by atoms with Gasteiger partial charge in [0.05, 0.1) is 0 Å². The monoisotopic (exact) mass is 396 g/mol. The molecule has 0 heterocycles. The fraction of sp³-hybridized carbons (Fsp3) is 0.862. The van der Waals surface area contributed by atoms with Crippen LogP contribution < -0.4 is 0 Å². The molecule has 4 rings (SSSR count). The third kappa shape index (κ3) is 3.70. The first-order chi connectivity index (χ1) is 13.8. The minimum atomic E-state index is 0.563. The molecular formula is C29H48. The smallest absolute Gasteiger partial charge is 0.00850 e. The van der Waals surface area contributed by atoms with Gasteiger partial charge in [-0.1, -0.05) is 56.9 Å². The first kappa shape index (κ1) is 21.7. The second kappa shape index (κ2) is 8.20. The van der Waals surface area contributed by atoms with Gasteiger partial charge < -0.3 is 0 Å². The van der Waals surface area contributed by atoms with Crippen LogP contribution in [0.3, 0.4) is 0 Å². The molecule has 0 saturated heterocycles. The van der Waals surface area contributed by atoms with Crippen molar-refractivity contribution in [2.24, 2.45) is 40.4 Å². The maximum atomic E-state index is 2.71. The third-order valence-corrected chi connectivity index (χ3v) is 10.6. The molecule has 0 nitrogen and oxygen atoms in total. The Labute approximate surface area is 182 Å². The van der Waals surface area contributed by atoms with E-state index in [2.05, 4.69) is 47.6 Å². The predicted octanol–water partition coefficient (Wildman–Crippen LogP) is 9.12. The molecule has 2 fully saturated rings. The summed E-state index contributed by atoms with van der Waals surface area (Å²) in [6.45, 7) is 14.9.